The van der Waals surface area contributed by atoms with Gasteiger partial charge in [-0.2, -0.15) is 0 Å². The Bertz CT molecular complexity index is 494. The molecule has 0 saturated heterocycles. The van der Waals surface area contributed by atoms with Crippen molar-refractivity contribution in [3.63, 3.8) is 0 Å². The largest absolute Gasteiger partial charge is 0.447 e. The van der Waals surface area contributed by atoms with Crippen molar-refractivity contribution in [2.45, 2.75) is 57.7 Å². The topological polar surface area (TPSA) is 71.3 Å². The van der Waals surface area contributed by atoms with Crippen molar-refractivity contribution < 1.29 is 12.8 Å². The zero-order chi connectivity index (χ0) is 15.2. The third-order valence-corrected chi connectivity index (χ3v) is 4.49. The summed E-state index contributed by atoms with van der Waals surface area (Å²) < 4.78 is 32.2. The fourth-order valence-corrected chi connectivity index (χ4v) is 3.21. The molecule has 5 nitrogen and oxygen atoms in total. The number of rotatable bonds is 9. The van der Waals surface area contributed by atoms with Gasteiger partial charge in [-0.25, -0.2) is 13.1 Å². The number of hydrogen-bond acceptors (Lipinski definition) is 4. The zero-order valence-electron chi connectivity index (χ0n) is 12.8. The molecular formula is C14H26N2O3S. The van der Waals surface area contributed by atoms with Gasteiger partial charge in [0.05, 0.1) is 6.54 Å². The van der Waals surface area contributed by atoms with Crippen LogP contribution in [0.5, 0.6) is 0 Å². The van der Waals surface area contributed by atoms with Crippen LogP contribution in [0.25, 0.3) is 0 Å². The summed E-state index contributed by atoms with van der Waals surface area (Å²) in [7, 11) is -1.77. The molecule has 6 heteroatoms. The van der Waals surface area contributed by atoms with Crippen molar-refractivity contribution in [3.8, 4) is 0 Å². The van der Waals surface area contributed by atoms with Crippen LogP contribution in [0, 0.1) is 5.92 Å². The second kappa shape index (κ2) is 7.81. The van der Waals surface area contributed by atoms with Gasteiger partial charge in [-0.15, -0.1) is 0 Å². The summed E-state index contributed by atoms with van der Waals surface area (Å²) in [5, 5.41) is 2.90. The van der Waals surface area contributed by atoms with Crippen LogP contribution in [-0.4, -0.2) is 21.5 Å². The minimum absolute atomic E-state index is 0.0153. The first kappa shape index (κ1) is 17.2. The first-order valence-electron chi connectivity index (χ1n) is 7.10. The Morgan fingerprint density at radius 3 is 2.50 bits per heavy atom. The molecule has 116 valence electrons. The summed E-state index contributed by atoms with van der Waals surface area (Å²) in [4.78, 5) is 0. The summed E-state index contributed by atoms with van der Waals surface area (Å²) in [6, 6.07) is 3.08. The molecule has 0 saturated carbocycles. The lowest BCUT2D eigenvalue weighted by molar-refractivity contribution is 0.401. The zero-order valence-corrected chi connectivity index (χ0v) is 13.6. The third kappa shape index (κ3) is 5.64. The Hall–Kier alpha value is -0.850. The normalized spacial score (nSPS) is 13.8. The van der Waals surface area contributed by atoms with Crippen LogP contribution in [0.3, 0.4) is 0 Å². The molecule has 0 bridgehead atoms. The van der Waals surface area contributed by atoms with E-state index in [1.807, 2.05) is 6.92 Å². The quantitative estimate of drug-likeness (QED) is 0.735. The van der Waals surface area contributed by atoms with Gasteiger partial charge < -0.3 is 9.73 Å². The lowest BCUT2D eigenvalue weighted by Crippen LogP contribution is -2.32. The lowest BCUT2D eigenvalue weighted by atomic mass is 10.0. The van der Waals surface area contributed by atoms with Crippen LogP contribution in [-0.2, 0) is 16.6 Å². The van der Waals surface area contributed by atoms with Gasteiger partial charge in [0.25, 0.3) is 10.0 Å². The molecule has 2 N–H and O–H groups in total. The van der Waals surface area contributed by atoms with Crippen LogP contribution in [0.4, 0.5) is 0 Å². The second-order valence-corrected chi connectivity index (χ2v) is 7.24. The first-order valence-corrected chi connectivity index (χ1v) is 8.59. The number of sulfonamides is 1. The van der Waals surface area contributed by atoms with Gasteiger partial charge in [0.2, 0.25) is 5.09 Å². The molecule has 0 aromatic carbocycles. The van der Waals surface area contributed by atoms with E-state index in [9.17, 15) is 8.42 Å². The molecule has 0 amide bonds. The van der Waals surface area contributed by atoms with Gasteiger partial charge in [-0.05, 0) is 38.4 Å². The third-order valence-electron chi connectivity index (χ3n) is 3.03. The Balaban J connectivity index is 2.55. The minimum atomic E-state index is -3.55. The maximum Gasteiger partial charge on any atom is 0.274 e. The van der Waals surface area contributed by atoms with Crippen LogP contribution in [0.15, 0.2) is 21.6 Å². The van der Waals surface area contributed by atoms with E-state index in [0.717, 1.165) is 19.3 Å². The van der Waals surface area contributed by atoms with Crippen LogP contribution in [0.2, 0.25) is 0 Å². The Kier molecular flexibility index (Phi) is 6.71. The predicted octanol–water partition coefficient (Wildman–Crippen LogP) is 2.49. The molecule has 1 aromatic heterocycles. The van der Waals surface area contributed by atoms with Crippen molar-refractivity contribution in [2.75, 3.05) is 7.05 Å². The summed E-state index contributed by atoms with van der Waals surface area (Å²) in [5.41, 5.74) is 0. The van der Waals surface area contributed by atoms with Gasteiger partial charge in [0.15, 0.2) is 0 Å². The van der Waals surface area contributed by atoms with E-state index in [1.54, 1.807) is 13.1 Å². The maximum atomic E-state index is 12.1. The van der Waals surface area contributed by atoms with E-state index < -0.39 is 10.0 Å². The highest BCUT2D eigenvalue weighted by atomic mass is 32.2. The maximum absolute atomic E-state index is 12.1. The Morgan fingerprint density at radius 2 is 1.90 bits per heavy atom. The standard InChI is InChI=1S/C14H26N2O3S/c1-11(2)6-5-7-12(3)16-20(17,18)14-9-8-13(19-14)10-15-4/h8-9,11-12,15-16H,5-7,10H2,1-4H3. The summed E-state index contributed by atoms with van der Waals surface area (Å²) in [5.74, 6) is 1.26. The SMILES string of the molecule is CNCc1ccc(S(=O)(=O)NC(C)CCCC(C)C)o1. The van der Waals surface area contributed by atoms with Crippen molar-refractivity contribution >= 4 is 10.0 Å². The van der Waals surface area contributed by atoms with Crippen LogP contribution in [0.1, 0.15) is 45.8 Å². The molecule has 1 aromatic rings. The molecule has 1 atom stereocenters. The van der Waals surface area contributed by atoms with Crippen molar-refractivity contribution in [1.82, 2.24) is 10.0 Å². The van der Waals surface area contributed by atoms with Gasteiger partial charge in [0, 0.05) is 6.04 Å². The van der Waals surface area contributed by atoms with Crippen LogP contribution < -0.4 is 10.0 Å². The fraction of sp³-hybridized carbons (Fsp3) is 0.714. The molecule has 0 fully saturated rings. The van der Waals surface area contributed by atoms with E-state index in [0.29, 0.717) is 18.2 Å². The highest BCUT2D eigenvalue weighted by Gasteiger charge is 2.21. The molecule has 0 aliphatic carbocycles. The fourth-order valence-electron chi connectivity index (χ4n) is 1.99. The Labute approximate surface area is 122 Å². The van der Waals surface area contributed by atoms with Crippen molar-refractivity contribution in [1.29, 1.82) is 0 Å². The van der Waals surface area contributed by atoms with Gasteiger partial charge in [-0.3, -0.25) is 0 Å². The number of furan rings is 1. The average Bonchev–Trinajstić information content (AvgIpc) is 2.77. The highest BCUT2D eigenvalue weighted by molar-refractivity contribution is 7.89. The number of hydrogen-bond donors (Lipinski definition) is 2. The van der Waals surface area contributed by atoms with E-state index in [-0.39, 0.29) is 11.1 Å². The van der Waals surface area contributed by atoms with Crippen molar-refractivity contribution in [2.24, 2.45) is 5.92 Å². The van der Waals surface area contributed by atoms with E-state index >= 15 is 0 Å². The molecule has 0 aliphatic heterocycles. The second-order valence-electron chi connectivity index (χ2n) is 5.60. The highest BCUT2D eigenvalue weighted by Crippen LogP contribution is 2.15. The van der Waals surface area contributed by atoms with E-state index in [1.165, 1.54) is 6.07 Å². The number of nitrogens with one attached hydrogen (secondary N) is 2. The summed E-state index contributed by atoms with van der Waals surface area (Å²) >= 11 is 0. The van der Waals surface area contributed by atoms with Gasteiger partial charge >= 0.3 is 0 Å². The smallest absolute Gasteiger partial charge is 0.274 e. The summed E-state index contributed by atoms with van der Waals surface area (Å²) in [6.07, 6.45) is 2.96. The summed E-state index contributed by atoms with van der Waals surface area (Å²) in [6.45, 7) is 6.73. The minimum Gasteiger partial charge on any atom is -0.447 e. The molecule has 0 radical (unpaired) electrons. The molecule has 0 aliphatic rings. The molecular weight excluding hydrogens is 276 g/mol. The van der Waals surface area contributed by atoms with E-state index in [4.69, 9.17) is 4.42 Å². The Morgan fingerprint density at radius 1 is 1.20 bits per heavy atom. The lowest BCUT2D eigenvalue weighted by Gasteiger charge is -2.13. The first-order chi connectivity index (χ1) is 9.35. The van der Waals surface area contributed by atoms with Gasteiger partial charge in [0.1, 0.15) is 5.76 Å². The van der Waals surface area contributed by atoms with Crippen molar-refractivity contribution in [3.05, 3.63) is 17.9 Å². The molecule has 1 rings (SSSR count). The monoisotopic (exact) mass is 302 g/mol. The van der Waals surface area contributed by atoms with E-state index in [2.05, 4.69) is 23.9 Å². The molecule has 1 heterocycles. The molecule has 0 spiro atoms. The molecule has 20 heavy (non-hydrogen) atoms. The van der Waals surface area contributed by atoms with Crippen LogP contribution >= 0.6 is 0 Å². The average molecular weight is 302 g/mol. The molecule has 1 unspecified atom stereocenters. The predicted molar refractivity (Wildman–Crippen MR) is 79.9 cm³/mol. The van der Waals surface area contributed by atoms with Gasteiger partial charge in [-0.1, -0.05) is 26.7 Å².